The molecule has 0 fully saturated rings. The van der Waals surface area contributed by atoms with Crippen molar-refractivity contribution in [2.75, 3.05) is 6.61 Å². The van der Waals surface area contributed by atoms with E-state index < -0.39 is 11.6 Å². The summed E-state index contributed by atoms with van der Waals surface area (Å²) >= 11 is 0. The van der Waals surface area contributed by atoms with Crippen molar-refractivity contribution >= 4 is 22.7 Å². The zero-order valence-corrected chi connectivity index (χ0v) is 15.2. The fourth-order valence-corrected chi connectivity index (χ4v) is 2.71. The van der Waals surface area contributed by atoms with Crippen molar-refractivity contribution in [3.8, 4) is 11.5 Å². The molecular formula is C21H18O6. The summed E-state index contributed by atoms with van der Waals surface area (Å²) in [5.74, 6) is -0.491. The van der Waals surface area contributed by atoms with Gasteiger partial charge in [-0.1, -0.05) is 17.7 Å². The van der Waals surface area contributed by atoms with E-state index in [0.29, 0.717) is 16.7 Å². The minimum Gasteiger partial charge on any atom is -0.482 e. The van der Waals surface area contributed by atoms with E-state index in [1.165, 1.54) is 19.1 Å². The maximum absolute atomic E-state index is 12.1. The molecule has 0 saturated heterocycles. The third-order valence-electron chi connectivity index (χ3n) is 4.03. The molecule has 0 bridgehead atoms. The van der Waals surface area contributed by atoms with Crippen molar-refractivity contribution in [2.45, 2.75) is 20.8 Å². The molecule has 0 aliphatic rings. The molecule has 27 heavy (non-hydrogen) atoms. The number of esters is 1. The summed E-state index contributed by atoms with van der Waals surface area (Å²) in [4.78, 5) is 35.9. The largest absolute Gasteiger partial charge is 0.482 e. The van der Waals surface area contributed by atoms with Crippen LogP contribution in [0.2, 0.25) is 0 Å². The van der Waals surface area contributed by atoms with E-state index in [2.05, 4.69) is 0 Å². The molecule has 0 radical (unpaired) electrons. The molecule has 0 spiro atoms. The lowest BCUT2D eigenvalue weighted by atomic mass is 10.0. The molecule has 2 aromatic carbocycles. The van der Waals surface area contributed by atoms with E-state index in [9.17, 15) is 14.4 Å². The molecule has 0 unspecified atom stereocenters. The molecule has 3 rings (SSSR count). The van der Waals surface area contributed by atoms with Gasteiger partial charge in [-0.2, -0.15) is 0 Å². The average molecular weight is 366 g/mol. The molecule has 0 saturated carbocycles. The monoisotopic (exact) mass is 366 g/mol. The van der Waals surface area contributed by atoms with Crippen LogP contribution in [0, 0.1) is 13.8 Å². The lowest BCUT2D eigenvalue weighted by Gasteiger charge is -2.11. The van der Waals surface area contributed by atoms with E-state index in [1.807, 2.05) is 19.1 Å². The van der Waals surface area contributed by atoms with Gasteiger partial charge < -0.3 is 13.9 Å². The van der Waals surface area contributed by atoms with Crippen molar-refractivity contribution < 1.29 is 23.5 Å². The molecule has 0 N–H and O–H groups in total. The molecule has 0 atom stereocenters. The number of hydrogen-bond donors (Lipinski definition) is 0. The molecule has 1 heterocycles. The summed E-state index contributed by atoms with van der Waals surface area (Å²) in [5.41, 5.74) is 1.33. The highest BCUT2D eigenvalue weighted by Crippen LogP contribution is 2.29. The van der Waals surface area contributed by atoms with Gasteiger partial charge in [0, 0.05) is 11.5 Å². The fraction of sp³-hybridized carbons (Fsp3) is 0.190. The molecule has 0 aliphatic carbocycles. The van der Waals surface area contributed by atoms with Crippen LogP contribution in [0.1, 0.15) is 28.4 Å². The van der Waals surface area contributed by atoms with Crippen molar-refractivity contribution in [2.24, 2.45) is 0 Å². The number of benzene rings is 2. The zero-order chi connectivity index (χ0) is 19.6. The number of ether oxygens (including phenoxy) is 2. The number of carbonyl (C=O) groups excluding carboxylic acids is 2. The molecular weight excluding hydrogens is 348 g/mol. The van der Waals surface area contributed by atoms with Gasteiger partial charge in [0.15, 0.2) is 18.0 Å². The van der Waals surface area contributed by atoms with Gasteiger partial charge in [0.2, 0.25) is 0 Å². The lowest BCUT2D eigenvalue weighted by molar-refractivity contribution is -0.136. The maximum atomic E-state index is 12.1. The van der Waals surface area contributed by atoms with Gasteiger partial charge in [0.1, 0.15) is 17.1 Å². The Kier molecular flexibility index (Phi) is 5.07. The Bertz CT molecular complexity index is 1080. The molecule has 0 amide bonds. The van der Waals surface area contributed by atoms with Crippen molar-refractivity contribution in [3.05, 3.63) is 69.6 Å². The van der Waals surface area contributed by atoms with Gasteiger partial charge in [0.05, 0.1) is 0 Å². The van der Waals surface area contributed by atoms with Gasteiger partial charge >= 0.3 is 11.6 Å². The number of aryl methyl sites for hydroxylation is 2. The Morgan fingerprint density at radius 2 is 1.74 bits per heavy atom. The molecule has 0 aliphatic heterocycles. The molecule has 3 aromatic rings. The van der Waals surface area contributed by atoms with Gasteiger partial charge in [-0.3, -0.25) is 4.79 Å². The number of hydrogen-bond acceptors (Lipinski definition) is 6. The van der Waals surface area contributed by atoms with Gasteiger partial charge in [-0.05, 0) is 50.6 Å². The van der Waals surface area contributed by atoms with Gasteiger partial charge in [0.25, 0.3) is 0 Å². The highest BCUT2D eigenvalue weighted by atomic mass is 16.6. The van der Waals surface area contributed by atoms with E-state index in [-0.39, 0.29) is 29.3 Å². The smallest absolute Gasteiger partial charge is 0.349 e. The van der Waals surface area contributed by atoms with Crippen molar-refractivity contribution in [1.29, 1.82) is 0 Å². The van der Waals surface area contributed by atoms with Crippen LogP contribution >= 0.6 is 0 Å². The number of rotatable bonds is 5. The summed E-state index contributed by atoms with van der Waals surface area (Å²) in [6.07, 6.45) is 0. The van der Waals surface area contributed by atoms with Crippen LogP contribution in [-0.2, 0) is 4.79 Å². The summed E-state index contributed by atoms with van der Waals surface area (Å²) in [5, 5.41) is 0.607. The van der Waals surface area contributed by atoms with Crippen LogP contribution in [0.15, 0.2) is 51.7 Å². The van der Waals surface area contributed by atoms with Crippen LogP contribution in [0.5, 0.6) is 11.5 Å². The minimum atomic E-state index is -0.674. The molecule has 6 nitrogen and oxygen atoms in total. The fourth-order valence-electron chi connectivity index (χ4n) is 2.71. The van der Waals surface area contributed by atoms with Crippen LogP contribution in [0.25, 0.3) is 11.0 Å². The van der Waals surface area contributed by atoms with Crippen molar-refractivity contribution in [3.63, 3.8) is 0 Å². The quantitative estimate of drug-likeness (QED) is 0.297. The summed E-state index contributed by atoms with van der Waals surface area (Å²) in [6, 6.07) is 11.7. The Hall–Kier alpha value is -3.41. The van der Waals surface area contributed by atoms with E-state index >= 15 is 0 Å². The van der Waals surface area contributed by atoms with Gasteiger partial charge in [-0.15, -0.1) is 0 Å². The van der Waals surface area contributed by atoms with Crippen LogP contribution in [0.3, 0.4) is 0 Å². The Labute approximate surface area is 155 Å². The summed E-state index contributed by atoms with van der Waals surface area (Å²) in [6.45, 7) is 4.68. The number of fused-ring (bicyclic) bond motifs is 1. The number of ketones is 1. The second kappa shape index (κ2) is 7.45. The third kappa shape index (κ3) is 4.06. The minimum absolute atomic E-state index is 0.0289. The number of Topliss-reactive ketones (excluding diaryl/α,β-unsaturated/α-hetero) is 1. The van der Waals surface area contributed by atoms with E-state index in [0.717, 1.165) is 5.56 Å². The van der Waals surface area contributed by atoms with Crippen LogP contribution < -0.4 is 15.1 Å². The first-order valence-corrected chi connectivity index (χ1v) is 8.33. The zero-order valence-electron chi connectivity index (χ0n) is 15.2. The summed E-state index contributed by atoms with van der Waals surface area (Å²) < 4.78 is 15.9. The standard InChI is InChI=1S/C21H18O6/c1-12-4-6-15(7-5-12)25-11-19(24)26-17-9-8-16-13(2)10-18(23)27-21(16)20(17)14(3)22/h4-10H,11H2,1-3H3. The second-order valence-electron chi connectivity index (χ2n) is 6.20. The SMILES string of the molecule is CC(=O)c1c(OC(=O)COc2ccc(C)cc2)ccc2c(C)cc(=O)oc12. The first-order valence-electron chi connectivity index (χ1n) is 8.33. The highest BCUT2D eigenvalue weighted by molar-refractivity contribution is 6.08. The maximum Gasteiger partial charge on any atom is 0.349 e. The van der Waals surface area contributed by atoms with E-state index in [1.54, 1.807) is 25.1 Å². The van der Waals surface area contributed by atoms with Crippen LogP contribution in [-0.4, -0.2) is 18.4 Å². The predicted octanol–water partition coefficient (Wildman–Crippen LogP) is 3.60. The van der Waals surface area contributed by atoms with Crippen molar-refractivity contribution in [1.82, 2.24) is 0 Å². The van der Waals surface area contributed by atoms with Crippen LogP contribution in [0.4, 0.5) is 0 Å². The Morgan fingerprint density at radius 3 is 2.41 bits per heavy atom. The molecule has 1 aromatic heterocycles. The third-order valence-corrected chi connectivity index (χ3v) is 4.03. The Balaban J connectivity index is 1.86. The first kappa shape index (κ1) is 18.4. The topological polar surface area (TPSA) is 82.8 Å². The Morgan fingerprint density at radius 1 is 1.04 bits per heavy atom. The molecule has 6 heteroatoms. The average Bonchev–Trinajstić information content (AvgIpc) is 2.60. The van der Waals surface area contributed by atoms with E-state index in [4.69, 9.17) is 13.9 Å². The second-order valence-corrected chi connectivity index (χ2v) is 6.20. The first-order chi connectivity index (χ1) is 12.8. The lowest BCUT2D eigenvalue weighted by Crippen LogP contribution is -2.19. The predicted molar refractivity (Wildman–Crippen MR) is 99.5 cm³/mol. The molecule has 138 valence electrons. The normalized spacial score (nSPS) is 10.6. The summed E-state index contributed by atoms with van der Waals surface area (Å²) in [7, 11) is 0. The highest BCUT2D eigenvalue weighted by Gasteiger charge is 2.19. The van der Waals surface area contributed by atoms with Gasteiger partial charge in [-0.25, -0.2) is 9.59 Å². The number of carbonyl (C=O) groups is 2.